The van der Waals surface area contributed by atoms with Gasteiger partial charge < -0.3 is 10.2 Å². The molecular weight excluding hydrogens is 409 g/mol. The molecular formula is C22H25F3N4O2. The molecule has 1 aliphatic rings. The zero-order valence-corrected chi connectivity index (χ0v) is 17.6. The van der Waals surface area contributed by atoms with E-state index in [-0.39, 0.29) is 30.7 Å². The molecule has 9 heteroatoms. The molecule has 3 rings (SSSR count). The molecule has 0 unspecified atom stereocenters. The first-order chi connectivity index (χ1) is 14.5. The third-order valence-electron chi connectivity index (χ3n) is 5.51. The SMILES string of the molecule is Cc1nc(-c2ccc([C@H](N([C@@H](CC(C)C)C(N)=O)C3(C#N)CC3)C(F)(F)F)cc2)co1. The van der Waals surface area contributed by atoms with E-state index in [0.717, 1.165) is 4.90 Å². The van der Waals surface area contributed by atoms with E-state index in [0.29, 0.717) is 17.1 Å². The van der Waals surface area contributed by atoms with Crippen molar-refractivity contribution in [1.82, 2.24) is 9.88 Å². The largest absolute Gasteiger partial charge is 0.449 e. The summed E-state index contributed by atoms with van der Waals surface area (Å²) in [6.45, 7) is 5.28. The molecule has 31 heavy (non-hydrogen) atoms. The lowest BCUT2D eigenvalue weighted by atomic mass is 9.93. The summed E-state index contributed by atoms with van der Waals surface area (Å²) < 4.78 is 48.4. The Kier molecular flexibility index (Phi) is 6.14. The normalized spacial score (nSPS) is 17.4. The van der Waals surface area contributed by atoms with Crippen molar-refractivity contribution in [2.45, 2.75) is 63.8 Å². The monoisotopic (exact) mass is 434 g/mol. The number of halogens is 3. The third kappa shape index (κ3) is 4.74. The van der Waals surface area contributed by atoms with Gasteiger partial charge in [-0.05, 0) is 30.7 Å². The van der Waals surface area contributed by atoms with Crippen molar-refractivity contribution in [3.8, 4) is 17.3 Å². The standard InChI is InChI=1S/C22H25F3N4O2/c1-13(2)10-18(20(27)30)29(21(12-26)8-9-21)19(22(23,24)25)16-6-4-15(5-7-16)17-11-31-14(3)28-17/h4-7,11,13,18-19H,8-10H2,1-3H3,(H2,27,30)/t18-,19-/m0/s1. The fourth-order valence-corrected chi connectivity index (χ4v) is 3.92. The highest BCUT2D eigenvalue weighted by molar-refractivity contribution is 5.80. The van der Waals surface area contributed by atoms with E-state index in [1.807, 2.05) is 6.07 Å². The van der Waals surface area contributed by atoms with Gasteiger partial charge in [-0.1, -0.05) is 38.1 Å². The number of amides is 1. The molecule has 166 valence electrons. The molecule has 0 aliphatic heterocycles. The molecule has 1 aromatic carbocycles. The summed E-state index contributed by atoms with van der Waals surface area (Å²) in [5, 5.41) is 9.72. The van der Waals surface area contributed by atoms with Gasteiger partial charge in [-0.25, -0.2) is 4.98 Å². The molecule has 0 spiro atoms. The second kappa shape index (κ2) is 8.35. The van der Waals surface area contributed by atoms with Crippen LogP contribution >= 0.6 is 0 Å². The van der Waals surface area contributed by atoms with Gasteiger partial charge in [0, 0.05) is 12.5 Å². The maximum atomic E-state index is 14.4. The van der Waals surface area contributed by atoms with Gasteiger partial charge in [0.25, 0.3) is 0 Å². The summed E-state index contributed by atoms with van der Waals surface area (Å²) in [7, 11) is 0. The zero-order chi connectivity index (χ0) is 23.0. The van der Waals surface area contributed by atoms with Gasteiger partial charge in [0.15, 0.2) is 5.89 Å². The summed E-state index contributed by atoms with van der Waals surface area (Å²) in [6.07, 6.45) is -2.65. The molecule has 0 radical (unpaired) electrons. The average Bonchev–Trinajstić information content (AvgIpc) is 3.36. The van der Waals surface area contributed by atoms with Gasteiger partial charge in [-0.3, -0.25) is 9.69 Å². The lowest BCUT2D eigenvalue weighted by Gasteiger charge is -2.41. The molecule has 1 aliphatic carbocycles. The van der Waals surface area contributed by atoms with Crippen LogP contribution in [0.1, 0.15) is 50.6 Å². The maximum Gasteiger partial charge on any atom is 0.408 e. The highest BCUT2D eigenvalue weighted by atomic mass is 19.4. The van der Waals surface area contributed by atoms with Crippen molar-refractivity contribution in [3.05, 3.63) is 42.0 Å². The minimum Gasteiger partial charge on any atom is -0.449 e. The van der Waals surface area contributed by atoms with Crippen molar-refractivity contribution in [3.63, 3.8) is 0 Å². The van der Waals surface area contributed by atoms with Gasteiger partial charge >= 0.3 is 6.18 Å². The van der Waals surface area contributed by atoms with Gasteiger partial charge in [-0.15, -0.1) is 0 Å². The number of aromatic nitrogens is 1. The number of hydrogen-bond acceptors (Lipinski definition) is 5. The number of carbonyl (C=O) groups excluding carboxylic acids is 1. The summed E-state index contributed by atoms with van der Waals surface area (Å²) in [4.78, 5) is 17.4. The van der Waals surface area contributed by atoms with Crippen molar-refractivity contribution in [2.75, 3.05) is 0 Å². The number of benzene rings is 1. The number of primary amides is 1. The molecule has 6 nitrogen and oxygen atoms in total. The van der Waals surface area contributed by atoms with Gasteiger partial charge in [0.1, 0.15) is 23.5 Å². The zero-order valence-electron chi connectivity index (χ0n) is 17.6. The van der Waals surface area contributed by atoms with E-state index < -0.39 is 29.7 Å². The highest BCUT2D eigenvalue weighted by Gasteiger charge is 2.60. The van der Waals surface area contributed by atoms with Crippen LogP contribution in [0.3, 0.4) is 0 Å². The van der Waals surface area contributed by atoms with Crippen LogP contribution in [-0.2, 0) is 4.79 Å². The van der Waals surface area contributed by atoms with Gasteiger partial charge in [0.2, 0.25) is 5.91 Å². The second-order valence-electron chi connectivity index (χ2n) is 8.42. The number of oxazole rings is 1. The molecule has 1 fully saturated rings. The maximum absolute atomic E-state index is 14.4. The Hall–Kier alpha value is -2.86. The molecule has 1 saturated carbocycles. The molecule has 1 amide bonds. The Labute approximate surface area is 178 Å². The Morgan fingerprint density at radius 3 is 2.32 bits per heavy atom. The number of aryl methyl sites for hydroxylation is 1. The van der Waals surface area contributed by atoms with Crippen molar-refractivity contribution >= 4 is 5.91 Å². The van der Waals surface area contributed by atoms with E-state index in [1.165, 1.54) is 30.5 Å². The average molecular weight is 434 g/mol. The summed E-state index contributed by atoms with van der Waals surface area (Å²) in [5.41, 5.74) is 5.23. The van der Waals surface area contributed by atoms with Crippen molar-refractivity contribution in [1.29, 1.82) is 5.26 Å². The van der Waals surface area contributed by atoms with Gasteiger partial charge in [0.05, 0.1) is 12.1 Å². The molecule has 1 aromatic heterocycles. The molecule has 2 N–H and O–H groups in total. The van der Waals surface area contributed by atoms with Crippen LogP contribution < -0.4 is 5.73 Å². The van der Waals surface area contributed by atoms with Crippen molar-refractivity contribution < 1.29 is 22.4 Å². The van der Waals surface area contributed by atoms with Crippen LogP contribution in [0.4, 0.5) is 13.2 Å². The Morgan fingerprint density at radius 1 is 1.32 bits per heavy atom. The highest BCUT2D eigenvalue weighted by Crippen LogP contribution is 2.52. The van der Waals surface area contributed by atoms with Gasteiger partial charge in [-0.2, -0.15) is 18.4 Å². The third-order valence-corrected chi connectivity index (χ3v) is 5.51. The van der Waals surface area contributed by atoms with E-state index in [9.17, 15) is 23.2 Å². The summed E-state index contributed by atoms with van der Waals surface area (Å²) >= 11 is 0. The number of nitrogens with two attached hydrogens (primary N) is 1. The van der Waals surface area contributed by atoms with E-state index >= 15 is 0 Å². The van der Waals surface area contributed by atoms with Crippen molar-refractivity contribution in [2.24, 2.45) is 11.7 Å². The first kappa shape index (κ1) is 22.8. The molecule has 2 atom stereocenters. The molecule has 0 saturated heterocycles. The molecule has 0 bridgehead atoms. The first-order valence-electron chi connectivity index (χ1n) is 10.1. The lowest BCUT2D eigenvalue weighted by molar-refractivity contribution is -0.200. The second-order valence-corrected chi connectivity index (χ2v) is 8.42. The lowest BCUT2D eigenvalue weighted by Crippen LogP contribution is -2.56. The van der Waals surface area contributed by atoms with Crippen LogP contribution in [-0.4, -0.2) is 33.5 Å². The number of rotatable bonds is 8. The first-order valence-corrected chi connectivity index (χ1v) is 10.1. The number of nitrogens with zero attached hydrogens (tertiary/aromatic N) is 3. The Morgan fingerprint density at radius 2 is 1.94 bits per heavy atom. The minimum atomic E-state index is -4.72. The van der Waals surface area contributed by atoms with Crippen LogP contribution in [0.2, 0.25) is 0 Å². The topological polar surface area (TPSA) is 96.2 Å². The fraction of sp³-hybridized carbons (Fsp3) is 0.500. The van der Waals surface area contributed by atoms with E-state index in [2.05, 4.69) is 4.98 Å². The molecule has 2 aromatic rings. The van der Waals surface area contributed by atoms with Crippen LogP contribution in [0.5, 0.6) is 0 Å². The Balaban J connectivity index is 2.08. The van der Waals surface area contributed by atoms with E-state index in [1.54, 1.807) is 20.8 Å². The Bertz CT molecular complexity index is 972. The number of alkyl halides is 3. The smallest absolute Gasteiger partial charge is 0.408 e. The molecule has 1 heterocycles. The fourth-order valence-electron chi connectivity index (χ4n) is 3.92. The summed E-state index contributed by atoms with van der Waals surface area (Å²) in [5.74, 6) is -0.499. The quantitative estimate of drug-likeness (QED) is 0.659. The predicted molar refractivity (Wildman–Crippen MR) is 107 cm³/mol. The number of carbonyl (C=O) groups is 1. The van der Waals surface area contributed by atoms with Crippen LogP contribution in [0.15, 0.2) is 34.9 Å². The number of nitriles is 1. The van der Waals surface area contributed by atoms with Crippen LogP contribution in [0, 0.1) is 24.2 Å². The minimum absolute atomic E-state index is 0.0620. The summed E-state index contributed by atoms with van der Waals surface area (Å²) in [6, 6.07) is 4.42. The predicted octanol–water partition coefficient (Wildman–Crippen LogP) is 4.51. The van der Waals surface area contributed by atoms with Crippen LogP contribution in [0.25, 0.3) is 11.3 Å². The van der Waals surface area contributed by atoms with E-state index in [4.69, 9.17) is 10.2 Å². The number of hydrogen-bond donors (Lipinski definition) is 1.